The van der Waals surface area contributed by atoms with Crippen LogP contribution in [-0.2, 0) is 11.2 Å². The summed E-state index contributed by atoms with van der Waals surface area (Å²) in [6.07, 6.45) is 1.30. The normalized spacial score (nSPS) is 11.7. The first kappa shape index (κ1) is 15.0. The lowest BCUT2D eigenvalue weighted by Gasteiger charge is -2.13. The number of carboxylic acid groups (broad SMARTS) is 1. The molecule has 6 nitrogen and oxygen atoms in total. The predicted molar refractivity (Wildman–Crippen MR) is 80.5 cm³/mol. The third kappa shape index (κ3) is 4.57. The Hall–Kier alpha value is -2.41. The van der Waals surface area contributed by atoms with Crippen LogP contribution in [0, 0.1) is 0 Å². The minimum absolute atomic E-state index is 0.0875. The van der Waals surface area contributed by atoms with Crippen LogP contribution in [0.25, 0.3) is 0 Å². The van der Waals surface area contributed by atoms with Gasteiger partial charge in [-0.2, -0.15) is 11.3 Å². The monoisotopic (exact) mass is 305 g/mol. The lowest BCUT2D eigenvalue weighted by molar-refractivity contribution is -0.136. The van der Waals surface area contributed by atoms with Crippen molar-refractivity contribution in [1.29, 1.82) is 0 Å². The Labute approximate surface area is 125 Å². The Balaban J connectivity index is 1.89. The summed E-state index contributed by atoms with van der Waals surface area (Å²) in [5, 5.41) is 18.1. The maximum absolute atomic E-state index is 11.8. The summed E-state index contributed by atoms with van der Waals surface area (Å²) < 4.78 is 0. The molecule has 1 unspecified atom stereocenters. The van der Waals surface area contributed by atoms with Crippen molar-refractivity contribution in [2.75, 3.05) is 5.32 Å². The summed E-state index contributed by atoms with van der Waals surface area (Å²) in [5.41, 5.74) is 2.00. The van der Waals surface area contributed by atoms with Crippen LogP contribution in [0.1, 0.15) is 24.2 Å². The largest absolute Gasteiger partial charge is 0.481 e. The van der Waals surface area contributed by atoms with E-state index in [4.69, 9.17) is 5.11 Å². The van der Waals surface area contributed by atoms with Crippen molar-refractivity contribution >= 4 is 29.0 Å². The summed E-state index contributed by atoms with van der Waals surface area (Å²) in [4.78, 5) is 26.4. The molecule has 3 N–H and O–H groups in total. The van der Waals surface area contributed by atoms with Gasteiger partial charge in [0.2, 0.25) is 0 Å². The van der Waals surface area contributed by atoms with Gasteiger partial charge < -0.3 is 15.7 Å². The minimum Gasteiger partial charge on any atom is -0.481 e. The van der Waals surface area contributed by atoms with Crippen molar-refractivity contribution in [2.24, 2.45) is 0 Å². The number of hydrogen-bond acceptors (Lipinski definition) is 4. The molecule has 2 heterocycles. The molecule has 7 heteroatoms. The fourth-order valence-electron chi connectivity index (χ4n) is 1.73. The summed E-state index contributed by atoms with van der Waals surface area (Å²) >= 11 is 1.58. The number of carboxylic acids is 1. The van der Waals surface area contributed by atoms with Gasteiger partial charge in [-0.3, -0.25) is 9.78 Å². The molecule has 2 aromatic rings. The molecule has 0 aromatic carbocycles. The number of pyridine rings is 1. The molecule has 2 aromatic heterocycles. The summed E-state index contributed by atoms with van der Waals surface area (Å²) in [7, 11) is 0. The molecular weight excluding hydrogens is 290 g/mol. The number of hydrogen-bond donors (Lipinski definition) is 3. The van der Waals surface area contributed by atoms with Gasteiger partial charge in [0.1, 0.15) is 0 Å². The number of carbonyl (C=O) groups excluding carboxylic acids is 1. The van der Waals surface area contributed by atoms with Crippen LogP contribution in [0.15, 0.2) is 35.2 Å². The van der Waals surface area contributed by atoms with Crippen molar-refractivity contribution in [2.45, 2.75) is 19.4 Å². The average molecular weight is 305 g/mol. The lowest BCUT2D eigenvalue weighted by Crippen LogP contribution is -2.31. The molecule has 0 radical (unpaired) electrons. The molecule has 1 atom stereocenters. The smallest absolute Gasteiger partial charge is 0.319 e. The molecule has 0 saturated heterocycles. The van der Waals surface area contributed by atoms with Gasteiger partial charge in [0.25, 0.3) is 0 Å². The number of anilines is 1. The highest BCUT2D eigenvalue weighted by Crippen LogP contribution is 2.15. The van der Waals surface area contributed by atoms with E-state index in [1.807, 2.05) is 23.8 Å². The topological polar surface area (TPSA) is 91.3 Å². The Morgan fingerprint density at radius 1 is 1.38 bits per heavy atom. The second-order valence-electron chi connectivity index (χ2n) is 4.49. The minimum atomic E-state index is -0.939. The Kier molecular flexibility index (Phi) is 4.89. The lowest BCUT2D eigenvalue weighted by atomic mass is 10.2. The van der Waals surface area contributed by atoms with Crippen molar-refractivity contribution in [3.63, 3.8) is 0 Å². The molecule has 0 aliphatic rings. The van der Waals surface area contributed by atoms with E-state index in [0.29, 0.717) is 11.4 Å². The van der Waals surface area contributed by atoms with Crippen LogP contribution >= 0.6 is 11.3 Å². The Bertz CT molecular complexity index is 611. The fourth-order valence-corrected chi connectivity index (χ4v) is 2.48. The van der Waals surface area contributed by atoms with E-state index in [1.54, 1.807) is 23.5 Å². The average Bonchev–Trinajstić information content (AvgIpc) is 2.94. The highest BCUT2D eigenvalue weighted by atomic mass is 32.1. The quantitative estimate of drug-likeness (QED) is 0.792. The van der Waals surface area contributed by atoms with Crippen LogP contribution in [-0.4, -0.2) is 22.1 Å². The number of nitrogens with zero attached hydrogens (tertiary/aromatic N) is 1. The zero-order valence-electron chi connectivity index (χ0n) is 11.4. The molecular formula is C14H15N3O3S. The number of nitrogens with one attached hydrogen (secondary N) is 2. The molecule has 21 heavy (non-hydrogen) atoms. The van der Waals surface area contributed by atoms with Crippen LogP contribution in [0.3, 0.4) is 0 Å². The molecule has 0 aliphatic carbocycles. The maximum atomic E-state index is 11.8. The number of amides is 2. The van der Waals surface area contributed by atoms with Crippen molar-refractivity contribution < 1.29 is 14.7 Å². The van der Waals surface area contributed by atoms with Gasteiger partial charge in [0, 0.05) is 0 Å². The van der Waals surface area contributed by atoms with E-state index in [-0.39, 0.29) is 18.5 Å². The van der Waals surface area contributed by atoms with E-state index in [9.17, 15) is 9.59 Å². The van der Waals surface area contributed by atoms with E-state index < -0.39 is 5.97 Å². The Morgan fingerprint density at radius 3 is 2.76 bits per heavy atom. The molecule has 0 bridgehead atoms. The van der Waals surface area contributed by atoms with Crippen LogP contribution in [0.5, 0.6) is 0 Å². The zero-order chi connectivity index (χ0) is 15.2. The highest BCUT2D eigenvalue weighted by Gasteiger charge is 2.10. The van der Waals surface area contributed by atoms with E-state index >= 15 is 0 Å². The molecule has 2 amide bonds. The van der Waals surface area contributed by atoms with Gasteiger partial charge in [-0.1, -0.05) is 0 Å². The first-order chi connectivity index (χ1) is 10.0. The molecule has 0 saturated carbocycles. The summed E-state index contributed by atoms with van der Waals surface area (Å²) in [6, 6.07) is 4.74. The number of aromatic nitrogens is 1. The molecule has 0 fully saturated rings. The number of thiophene rings is 1. The van der Waals surface area contributed by atoms with Crippen LogP contribution in [0.2, 0.25) is 0 Å². The first-order valence-corrected chi connectivity index (χ1v) is 7.25. The third-order valence-corrected chi connectivity index (χ3v) is 3.51. The summed E-state index contributed by atoms with van der Waals surface area (Å²) in [6.45, 7) is 1.90. The summed E-state index contributed by atoms with van der Waals surface area (Å²) in [5.74, 6) is -0.939. The molecule has 2 rings (SSSR count). The van der Waals surface area contributed by atoms with Gasteiger partial charge in [-0.05, 0) is 41.4 Å². The van der Waals surface area contributed by atoms with E-state index in [2.05, 4.69) is 15.6 Å². The maximum Gasteiger partial charge on any atom is 0.319 e. The number of rotatable bonds is 5. The van der Waals surface area contributed by atoms with Crippen molar-refractivity contribution in [3.05, 3.63) is 46.4 Å². The van der Waals surface area contributed by atoms with E-state index in [0.717, 1.165) is 5.56 Å². The van der Waals surface area contributed by atoms with Crippen molar-refractivity contribution in [3.8, 4) is 0 Å². The first-order valence-electron chi connectivity index (χ1n) is 6.31. The van der Waals surface area contributed by atoms with Gasteiger partial charge in [-0.25, -0.2) is 4.79 Å². The van der Waals surface area contributed by atoms with E-state index in [1.165, 1.54) is 6.20 Å². The second-order valence-corrected chi connectivity index (χ2v) is 5.27. The van der Waals surface area contributed by atoms with Gasteiger partial charge in [-0.15, -0.1) is 0 Å². The molecule has 110 valence electrons. The highest BCUT2D eigenvalue weighted by molar-refractivity contribution is 7.07. The Morgan fingerprint density at radius 2 is 2.19 bits per heavy atom. The predicted octanol–water partition coefficient (Wildman–Crippen LogP) is 2.65. The number of urea groups is 1. The van der Waals surface area contributed by atoms with Gasteiger partial charge in [0.15, 0.2) is 0 Å². The zero-order valence-corrected chi connectivity index (χ0v) is 12.2. The standard InChI is InChI=1S/C14H15N3O3S/c1-9(10-4-5-21-8-10)16-14(20)17-12-3-2-11(15-7-12)6-13(18)19/h2-5,7-9H,6H2,1H3,(H,18,19)(H2,16,17,20). The fraction of sp³-hybridized carbons (Fsp3) is 0.214. The molecule has 0 spiro atoms. The molecule has 0 aliphatic heterocycles. The number of carbonyl (C=O) groups is 2. The second kappa shape index (κ2) is 6.85. The SMILES string of the molecule is CC(NC(=O)Nc1ccc(CC(=O)O)nc1)c1ccsc1. The third-order valence-electron chi connectivity index (χ3n) is 2.81. The van der Waals surface area contributed by atoms with Gasteiger partial charge >= 0.3 is 12.0 Å². The van der Waals surface area contributed by atoms with Crippen LogP contribution < -0.4 is 10.6 Å². The van der Waals surface area contributed by atoms with Gasteiger partial charge in [0.05, 0.1) is 30.0 Å². The van der Waals surface area contributed by atoms with Crippen molar-refractivity contribution in [1.82, 2.24) is 10.3 Å². The number of aliphatic carboxylic acids is 1. The van der Waals surface area contributed by atoms with Crippen LogP contribution in [0.4, 0.5) is 10.5 Å².